The number of nitrogens with zero attached hydrogens (tertiary/aromatic N) is 2. The van der Waals surface area contributed by atoms with Gasteiger partial charge in [0, 0.05) is 19.3 Å². The van der Waals surface area contributed by atoms with Gasteiger partial charge in [-0.15, -0.1) is 0 Å². The van der Waals surface area contributed by atoms with Crippen LogP contribution in [0.3, 0.4) is 0 Å². The molecule has 1 aromatic heterocycles. The summed E-state index contributed by atoms with van der Waals surface area (Å²) < 4.78 is 1.85. The molecule has 80 valence electrons. The number of rotatable bonds is 5. The van der Waals surface area contributed by atoms with Crippen LogP contribution in [-0.2, 0) is 13.5 Å². The van der Waals surface area contributed by atoms with E-state index >= 15 is 0 Å². The molecule has 2 unspecified atom stereocenters. The maximum absolute atomic E-state index is 5.90. The Labute approximate surface area is 86.3 Å². The fraction of sp³-hybridized carbons (Fsp3) is 0.727. The third-order valence-electron chi connectivity index (χ3n) is 2.83. The molecule has 0 aromatic carbocycles. The molecule has 2 atom stereocenters. The van der Waals surface area contributed by atoms with E-state index < -0.39 is 0 Å². The van der Waals surface area contributed by atoms with Crippen LogP contribution < -0.4 is 5.73 Å². The molecule has 0 fully saturated rings. The molecule has 2 N–H and O–H groups in total. The normalized spacial score (nSPS) is 15.4. The molecule has 0 aliphatic rings. The van der Waals surface area contributed by atoms with Crippen LogP contribution in [0.15, 0.2) is 12.4 Å². The maximum atomic E-state index is 5.90. The summed E-state index contributed by atoms with van der Waals surface area (Å²) in [5, 5.41) is 4.15. The molecule has 1 aromatic rings. The van der Waals surface area contributed by atoms with E-state index in [0.717, 1.165) is 12.8 Å². The quantitative estimate of drug-likeness (QED) is 0.777. The van der Waals surface area contributed by atoms with Crippen molar-refractivity contribution in [2.75, 3.05) is 0 Å². The molecule has 0 saturated heterocycles. The summed E-state index contributed by atoms with van der Waals surface area (Å²) >= 11 is 0. The molecule has 0 aliphatic heterocycles. The van der Waals surface area contributed by atoms with Gasteiger partial charge in [-0.1, -0.05) is 13.3 Å². The lowest BCUT2D eigenvalue weighted by Gasteiger charge is -2.17. The van der Waals surface area contributed by atoms with Gasteiger partial charge in [-0.05, 0) is 31.2 Å². The molecule has 14 heavy (non-hydrogen) atoms. The lowest BCUT2D eigenvalue weighted by molar-refractivity contribution is 0.401. The van der Waals surface area contributed by atoms with E-state index in [0.29, 0.717) is 12.0 Å². The molecule has 1 heterocycles. The molecule has 3 nitrogen and oxygen atoms in total. The highest BCUT2D eigenvalue weighted by Gasteiger charge is 2.11. The van der Waals surface area contributed by atoms with E-state index in [4.69, 9.17) is 5.73 Å². The van der Waals surface area contributed by atoms with Gasteiger partial charge in [0.2, 0.25) is 0 Å². The first kappa shape index (κ1) is 11.2. The topological polar surface area (TPSA) is 43.8 Å². The summed E-state index contributed by atoms with van der Waals surface area (Å²) in [6, 6.07) is 0.302. The molecule has 0 aliphatic carbocycles. The van der Waals surface area contributed by atoms with Gasteiger partial charge in [-0.3, -0.25) is 4.68 Å². The molecule has 0 bridgehead atoms. The Morgan fingerprint density at radius 1 is 1.57 bits per heavy atom. The van der Waals surface area contributed by atoms with Crippen LogP contribution >= 0.6 is 0 Å². The van der Waals surface area contributed by atoms with Gasteiger partial charge >= 0.3 is 0 Å². The second-order valence-electron chi connectivity index (χ2n) is 4.09. The Hall–Kier alpha value is -0.830. The Balaban J connectivity index is 2.39. The minimum absolute atomic E-state index is 0.302. The van der Waals surface area contributed by atoms with Crippen LogP contribution in [0, 0.1) is 5.92 Å². The number of hydrogen-bond acceptors (Lipinski definition) is 2. The van der Waals surface area contributed by atoms with E-state index in [9.17, 15) is 0 Å². The summed E-state index contributed by atoms with van der Waals surface area (Å²) in [6.45, 7) is 4.30. The maximum Gasteiger partial charge on any atom is 0.0521 e. The molecule has 0 radical (unpaired) electrons. The highest BCUT2D eigenvalue weighted by Crippen LogP contribution is 2.15. The van der Waals surface area contributed by atoms with Gasteiger partial charge in [-0.25, -0.2) is 0 Å². The summed E-state index contributed by atoms with van der Waals surface area (Å²) in [4.78, 5) is 0. The van der Waals surface area contributed by atoms with Crippen LogP contribution in [0.2, 0.25) is 0 Å². The SMILES string of the molecule is CCC(CCc1cnn(C)c1)C(C)N. The molecule has 0 spiro atoms. The summed E-state index contributed by atoms with van der Waals surface area (Å²) in [5.74, 6) is 0.634. The zero-order valence-electron chi connectivity index (χ0n) is 9.40. The van der Waals surface area contributed by atoms with Gasteiger partial charge in [0.15, 0.2) is 0 Å². The smallest absolute Gasteiger partial charge is 0.0521 e. The Morgan fingerprint density at radius 3 is 2.71 bits per heavy atom. The first-order valence-electron chi connectivity index (χ1n) is 5.36. The molecule has 1 rings (SSSR count). The van der Waals surface area contributed by atoms with Gasteiger partial charge in [0.05, 0.1) is 6.20 Å². The van der Waals surface area contributed by atoms with E-state index in [1.807, 2.05) is 17.9 Å². The fourth-order valence-corrected chi connectivity index (χ4v) is 1.79. The van der Waals surface area contributed by atoms with Gasteiger partial charge in [-0.2, -0.15) is 5.10 Å². The number of nitrogens with two attached hydrogens (primary N) is 1. The van der Waals surface area contributed by atoms with Gasteiger partial charge in [0.1, 0.15) is 0 Å². The Morgan fingerprint density at radius 2 is 2.29 bits per heavy atom. The van der Waals surface area contributed by atoms with E-state index in [-0.39, 0.29) is 0 Å². The van der Waals surface area contributed by atoms with Crippen molar-refractivity contribution in [2.24, 2.45) is 18.7 Å². The Bertz CT molecular complexity index is 265. The molecule has 3 heteroatoms. The number of aryl methyl sites for hydroxylation is 2. The van der Waals surface area contributed by atoms with Crippen molar-refractivity contribution in [1.82, 2.24) is 9.78 Å². The van der Waals surface area contributed by atoms with Crippen molar-refractivity contribution in [3.8, 4) is 0 Å². The monoisotopic (exact) mass is 195 g/mol. The predicted molar refractivity (Wildman–Crippen MR) is 59.0 cm³/mol. The van der Waals surface area contributed by atoms with Crippen molar-refractivity contribution in [3.63, 3.8) is 0 Å². The van der Waals surface area contributed by atoms with Crippen LogP contribution in [0.4, 0.5) is 0 Å². The average molecular weight is 195 g/mol. The minimum atomic E-state index is 0.302. The standard InChI is InChI=1S/C11H21N3/c1-4-11(9(2)12)6-5-10-7-13-14(3)8-10/h7-9,11H,4-6,12H2,1-3H3. The first-order valence-corrected chi connectivity index (χ1v) is 5.36. The predicted octanol–water partition coefficient (Wildman–Crippen LogP) is 1.73. The zero-order valence-corrected chi connectivity index (χ0v) is 9.40. The summed E-state index contributed by atoms with van der Waals surface area (Å²) in [5.41, 5.74) is 7.21. The highest BCUT2D eigenvalue weighted by molar-refractivity contribution is 5.03. The van der Waals surface area contributed by atoms with Crippen molar-refractivity contribution in [1.29, 1.82) is 0 Å². The highest BCUT2D eigenvalue weighted by atomic mass is 15.2. The van der Waals surface area contributed by atoms with Gasteiger partial charge in [0.25, 0.3) is 0 Å². The van der Waals surface area contributed by atoms with E-state index in [1.54, 1.807) is 0 Å². The van der Waals surface area contributed by atoms with Crippen molar-refractivity contribution < 1.29 is 0 Å². The number of aromatic nitrogens is 2. The zero-order chi connectivity index (χ0) is 10.6. The van der Waals surface area contributed by atoms with Crippen LogP contribution in [0.1, 0.15) is 32.3 Å². The largest absolute Gasteiger partial charge is 0.328 e. The fourth-order valence-electron chi connectivity index (χ4n) is 1.79. The third-order valence-corrected chi connectivity index (χ3v) is 2.83. The van der Waals surface area contributed by atoms with Crippen LogP contribution in [0.25, 0.3) is 0 Å². The summed E-state index contributed by atoms with van der Waals surface area (Å²) in [6.07, 6.45) is 7.44. The molecule has 0 saturated carbocycles. The van der Waals surface area contributed by atoms with Crippen molar-refractivity contribution in [3.05, 3.63) is 18.0 Å². The van der Waals surface area contributed by atoms with Crippen LogP contribution in [0.5, 0.6) is 0 Å². The molecular weight excluding hydrogens is 174 g/mol. The third kappa shape index (κ3) is 3.14. The van der Waals surface area contributed by atoms with Crippen molar-refractivity contribution in [2.45, 2.75) is 39.2 Å². The summed E-state index contributed by atoms with van der Waals surface area (Å²) in [7, 11) is 1.95. The second kappa shape index (κ2) is 5.15. The minimum Gasteiger partial charge on any atom is -0.328 e. The first-order chi connectivity index (χ1) is 6.63. The van der Waals surface area contributed by atoms with Crippen LogP contribution in [-0.4, -0.2) is 15.8 Å². The average Bonchev–Trinajstić information content (AvgIpc) is 2.52. The lowest BCUT2D eigenvalue weighted by Crippen LogP contribution is -2.26. The Kier molecular flexibility index (Phi) is 4.14. The molecular formula is C11H21N3. The second-order valence-corrected chi connectivity index (χ2v) is 4.09. The van der Waals surface area contributed by atoms with Crippen molar-refractivity contribution >= 4 is 0 Å². The lowest BCUT2D eigenvalue weighted by atomic mass is 9.92. The van der Waals surface area contributed by atoms with E-state index in [2.05, 4.69) is 25.1 Å². The van der Waals surface area contributed by atoms with Gasteiger partial charge < -0.3 is 5.73 Å². The molecule has 0 amide bonds. The number of hydrogen-bond donors (Lipinski definition) is 1. The van der Waals surface area contributed by atoms with E-state index in [1.165, 1.54) is 12.0 Å².